The number of amides is 2. The summed E-state index contributed by atoms with van der Waals surface area (Å²) in [6, 6.07) is 27.8. The minimum absolute atomic E-state index is 0.0377. The molecule has 0 radical (unpaired) electrons. The molecule has 2 amide bonds. The lowest BCUT2D eigenvalue weighted by molar-refractivity contribution is 0.0193. The molecular weight excluding hydrogens is 679 g/mol. The number of phenols is 1. The van der Waals surface area contributed by atoms with Crippen molar-refractivity contribution in [3.8, 4) is 17.0 Å². The lowest BCUT2D eigenvalue weighted by atomic mass is 9.92. The summed E-state index contributed by atoms with van der Waals surface area (Å²) in [6.45, 7) is 4.91. The number of nitrogens with zero attached hydrogens (tertiary/aromatic N) is 4. The van der Waals surface area contributed by atoms with Crippen LogP contribution in [-0.4, -0.2) is 70.2 Å². The summed E-state index contributed by atoms with van der Waals surface area (Å²) in [7, 11) is 0. The number of morpholine rings is 1. The van der Waals surface area contributed by atoms with E-state index in [1.165, 1.54) is 28.7 Å². The average Bonchev–Trinajstić information content (AvgIpc) is 3.56. The van der Waals surface area contributed by atoms with Crippen LogP contribution in [0.3, 0.4) is 0 Å². The highest BCUT2D eigenvalue weighted by atomic mass is 35.5. The van der Waals surface area contributed by atoms with Gasteiger partial charge in [-0.25, -0.2) is 4.39 Å². The number of carbonyl (C=O) groups excluding carboxylic acids is 2. The molecular formula is C42H40ClFN4O4. The molecule has 5 aromatic rings. The third-order valence-electron chi connectivity index (χ3n) is 10.6. The van der Waals surface area contributed by atoms with Crippen LogP contribution in [0.25, 0.3) is 11.3 Å². The number of anilines is 2. The zero-order chi connectivity index (χ0) is 35.8. The van der Waals surface area contributed by atoms with E-state index in [1.807, 2.05) is 23.1 Å². The molecule has 1 atom stereocenters. The van der Waals surface area contributed by atoms with Gasteiger partial charge in [0.25, 0.3) is 11.8 Å². The second kappa shape index (κ2) is 14.6. The fourth-order valence-electron chi connectivity index (χ4n) is 7.95. The number of aromatic nitrogens is 1. The number of para-hydroxylation sites is 1. The number of fused-ring (bicyclic) bond motifs is 2. The molecule has 0 aliphatic carbocycles. The van der Waals surface area contributed by atoms with E-state index in [-0.39, 0.29) is 23.4 Å². The molecule has 0 spiro atoms. The molecule has 3 aliphatic rings. The summed E-state index contributed by atoms with van der Waals surface area (Å²) in [4.78, 5) is 35.4. The average molecular weight is 719 g/mol. The molecule has 8 nitrogen and oxygen atoms in total. The SMILES string of the molecule is O=C(c1cc(-c2cc(Cl)ccc2C(=O)N2Cc3ccccc3C[C@H]2CN2CCOCC2)n2c1CCCC2)N(c1ccc(O)cc1)c1ccccc1F. The van der Waals surface area contributed by atoms with Gasteiger partial charge in [-0.3, -0.25) is 19.4 Å². The van der Waals surface area contributed by atoms with Gasteiger partial charge in [0.15, 0.2) is 0 Å². The second-order valence-electron chi connectivity index (χ2n) is 13.8. The third-order valence-corrected chi connectivity index (χ3v) is 10.8. The molecule has 3 aliphatic heterocycles. The monoisotopic (exact) mass is 718 g/mol. The minimum atomic E-state index is -0.547. The molecule has 0 bridgehead atoms. The van der Waals surface area contributed by atoms with Gasteiger partial charge < -0.3 is 19.3 Å². The predicted molar refractivity (Wildman–Crippen MR) is 200 cm³/mol. The molecule has 1 N–H and O–H groups in total. The van der Waals surface area contributed by atoms with Crippen molar-refractivity contribution in [1.29, 1.82) is 0 Å². The normalized spacial score (nSPS) is 17.3. The Bertz CT molecular complexity index is 2130. The van der Waals surface area contributed by atoms with Crippen LogP contribution in [0, 0.1) is 5.82 Å². The topological polar surface area (TPSA) is 78.3 Å². The zero-order valence-corrected chi connectivity index (χ0v) is 29.6. The molecule has 0 unspecified atom stereocenters. The smallest absolute Gasteiger partial charge is 0.264 e. The van der Waals surface area contributed by atoms with Crippen molar-refractivity contribution in [2.45, 2.75) is 44.8 Å². The van der Waals surface area contributed by atoms with Crippen molar-refractivity contribution in [3.05, 3.63) is 136 Å². The van der Waals surface area contributed by atoms with Crippen LogP contribution in [-0.2, 0) is 30.7 Å². The Kier molecular flexibility index (Phi) is 9.57. The molecule has 1 aromatic heterocycles. The number of hydrogen-bond donors (Lipinski definition) is 1. The fourth-order valence-corrected chi connectivity index (χ4v) is 8.12. The molecule has 1 saturated heterocycles. The van der Waals surface area contributed by atoms with Crippen LogP contribution in [0.4, 0.5) is 15.8 Å². The first-order valence-corrected chi connectivity index (χ1v) is 18.3. The molecule has 8 rings (SSSR count). The van der Waals surface area contributed by atoms with E-state index in [4.69, 9.17) is 16.3 Å². The summed E-state index contributed by atoms with van der Waals surface area (Å²) < 4.78 is 23.2. The summed E-state index contributed by atoms with van der Waals surface area (Å²) in [5.74, 6) is -0.998. The predicted octanol–water partition coefficient (Wildman–Crippen LogP) is 7.87. The number of aromatic hydroxyl groups is 1. The van der Waals surface area contributed by atoms with Gasteiger partial charge in [-0.05, 0) is 97.5 Å². The number of halogens is 2. The zero-order valence-electron chi connectivity index (χ0n) is 28.8. The highest BCUT2D eigenvalue weighted by molar-refractivity contribution is 6.31. The lowest BCUT2D eigenvalue weighted by Gasteiger charge is -2.40. The van der Waals surface area contributed by atoms with E-state index in [0.29, 0.717) is 60.1 Å². The maximum absolute atomic E-state index is 15.4. The van der Waals surface area contributed by atoms with Gasteiger partial charge in [0, 0.05) is 72.0 Å². The molecule has 1 fully saturated rings. The maximum Gasteiger partial charge on any atom is 0.264 e. The van der Waals surface area contributed by atoms with Gasteiger partial charge in [-0.2, -0.15) is 0 Å². The van der Waals surface area contributed by atoms with Crippen LogP contribution < -0.4 is 4.90 Å². The van der Waals surface area contributed by atoms with Gasteiger partial charge in [0.2, 0.25) is 0 Å². The number of carbonyl (C=O) groups is 2. The van der Waals surface area contributed by atoms with E-state index in [9.17, 15) is 14.7 Å². The first kappa shape index (κ1) is 34.1. The van der Waals surface area contributed by atoms with Crippen molar-refractivity contribution < 1.29 is 23.8 Å². The van der Waals surface area contributed by atoms with Crippen molar-refractivity contribution in [2.24, 2.45) is 0 Å². The van der Waals surface area contributed by atoms with E-state index < -0.39 is 11.7 Å². The first-order valence-electron chi connectivity index (χ1n) is 17.9. The Morgan fingerprint density at radius 3 is 2.40 bits per heavy atom. The maximum atomic E-state index is 15.4. The minimum Gasteiger partial charge on any atom is -0.508 e. The summed E-state index contributed by atoms with van der Waals surface area (Å²) in [5.41, 5.74) is 6.09. The van der Waals surface area contributed by atoms with E-state index in [0.717, 1.165) is 55.8 Å². The van der Waals surface area contributed by atoms with Crippen molar-refractivity contribution >= 4 is 34.8 Å². The first-order chi connectivity index (χ1) is 25.4. The van der Waals surface area contributed by atoms with Crippen LogP contribution in [0.2, 0.25) is 5.02 Å². The van der Waals surface area contributed by atoms with Crippen molar-refractivity contribution in [2.75, 3.05) is 37.7 Å². The highest BCUT2D eigenvalue weighted by Crippen LogP contribution is 2.38. The molecule has 10 heteroatoms. The van der Waals surface area contributed by atoms with E-state index in [1.54, 1.807) is 42.5 Å². The summed E-state index contributed by atoms with van der Waals surface area (Å²) in [6.07, 6.45) is 3.20. The Labute approximate surface area is 307 Å². The Morgan fingerprint density at radius 1 is 0.865 bits per heavy atom. The van der Waals surface area contributed by atoms with Gasteiger partial charge in [0.05, 0.1) is 24.5 Å². The summed E-state index contributed by atoms with van der Waals surface area (Å²) in [5, 5.41) is 10.5. The Morgan fingerprint density at radius 2 is 1.62 bits per heavy atom. The fraction of sp³-hybridized carbons (Fsp3) is 0.286. The van der Waals surface area contributed by atoms with Crippen molar-refractivity contribution in [1.82, 2.24) is 14.4 Å². The van der Waals surface area contributed by atoms with E-state index >= 15 is 4.39 Å². The van der Waals surface area contributed by atoms with Gasteiger partial charge >= 0.3 is 0 Å². The Balaban J connectivity index is 1.21. The quantitative estimate of drug-likeness (QED) is 0.185. The number of phenolic OH excluding ortho intramolecular Hbond substituents is 1. The molecule has 52 heavy (non-hydrogen) atoms. The standard InChI is InChI=1S/C42H40ClFN4O4/c43-30-12-17-34(41(50)47-26-29-8-2-1-7-28(29)23-32(47)27-45-19-21-52-22-20-45)35(24-30)40-25-36(38-10-5-6-18-46(38)40)42(51)48(31-13-15-33(49)16-14-31)39-11-4-3-9-37(39)44/h1-4,7-9,11-17,24-25,32,49H,5-6,10,18-23,26-27H2/t32-/m0/s1. The molecule has 4 aromatic carbocycles. The van der Waals surface area contributed by atoms with E-state index in [2.05, 4.69) is 27.7 Å². The number of ether oxygens (including phenoxy) is 1. The van der Waals surface area contributed by atoms with Crippen LogP contribution in [0.5, 0.6) is 5.75 Å². The number of hydrogen-bond acceptors (Lipinski definition) is 5. The number of rotatable bonds is 7. The van der Waals surface area contributed by atoms with Crippen LogP contribution >= 0.6 is 11.6 Å². The number of benzene rings is 4. The lowest BCUT2D eigenvalue weighted by Crippen LogP contribution is -2.52. The third kappa shape index (κ3) is 6.60. The van der Waals surface area contributed by atoms with Gasteiger partial charge in [-0.1, -0.05) is 48.0 Å². The van der Waals surface area contributed by atoms with Gasteiger partial charge in [0.1, 0.15) is 11.6 Å². The Hall–Kier alpha value is -4.96. The molecule has 4 heterocycles. The molecule has 266 valence electrons. The van der Waals surface area contributed by atoms with Crippen LogP contribution in [0.15, 0.2) is 97.1 Å². The van der Waals surface area contributed by atoms with Crippen LogP contribution in [0.1, 0.15) is 50.4 Å². The van der Waals surface area contributed by atoms with Crippen molar-refractivity contribution in [3.63, 3.8) is 0 Å². The highest BCUT2D eigenvalue weighted by Gasteiger charge is 2.35. The molecule has 0 saturated carbocycles. The second-order valence-corrected chi connectivity index (χ2v) is 14.2. The largest absolute Gasteiger partial charge is 0.508 e. The van der Waals surface area contributed by atoms with Gasteiger partial charge in [-0.15, -0.1) is 0 Å². The summed E-state index contributed by atoms with van der Waals surface area (Å²) >= 11 is 6.68.